The van der Waals surface area contributed by atoms with E-state index in [-0.39, 0.29) is 11.4 Å². The quantitative estimate of drug-likeness (QED) is 0.680. The lowest BCUT2D eigenvalue weighted by molar-refractivity contribution is 0.0272. The molecule has 0 spiro atoms. The van der Waals surface area contributed by atoms with Gasteiger partial charge in [-0.1, -0.05) is 29.4 Å². The monoisotopic (exact) mass is 392 g/mol. The van der Waals surface area contributed by atoms with E-state index in [1.54, 1.807) is 12.4 Å². The molecule has 3 heterocycles. The second-order valence-electron chi connectivity index (χ2n) is 8.64. The number of aliphatic hydroxyl groups is 1. The van der Waals surface area contributed by atoms with Crippen LogP contribution in [0.2, 0.25) is 0 Å². The highest BCUT2D eigenvalue weighted by atomic mass is 16.5. The third-order valence-electron chi connectivity index (χ3n) is 6.10. The number of nitrogen functional groups attached to an aromatic ring is 1. The van der Waals surface area contributed by atoms with Crippen LogP contribution in [0.25, 0.3) is 11.1 Å². The third kappa shape index (κ3) is 3.13. The molecule has 1 saturated heterocycles. The average molecular weight is 392 g/mol. The van der Waals surface area contributed by atoms with Gasteiger partial charge in [-0.2, -0.15) is 4.98 Å². The van der Waals surface area contributed by atoms with Crippen molar-refractivity contribution in [3.63, 3.8) is 0 Å². The Morgan fingerprint density at radius 3 is 2.38 bits per heavy atom. The fourth-order valence-corrected chi connectivity index (χ4v) is 4.17. The van der Waals surface area contributed by atoms with E-state index in [4.69, 9.17) is 15.2 Å². The first-order valence-corrected chi connectivity index (χ1v) is 9.85. The minimum Gasteiger partial charge on any atom is -0.386 e. The number of β-amino-alcohol motifs (C(OH)–C–C–N with tert-alkyl or cyclic N) is 1. The van der Waals surface area contributed by atoms with Crippen molar-refractivity contribution in [1.29, 1.82) is 0 Å². The van der Waals surface area contributed by atoms with E-state index in [0.29, 0.717) is 30.8 Å². The minimum atomic E-state index is -0.684. The highest BCUT2D eigenvalue weighted by molar-refractivity contribution is 5.62. The molecule has 0 amide bonds. The van der Waals surface area contributed by atoms with Gasteiger partial charge in [-0.3, -0.25) is 0 Å². The van der Waals surface area contributed by atoms with E-state index < -0.39 is 5.60 Å². The zero-order valence-electron chi connectivity index (χ0n) is 16.5. The predicted octanol–water partition coefficient (Wildman–Crippen LogP) is 2.40. The molecule has 1 unspecified atom stereocenters. The summed E-state index contributed by atoms with van der Waals surface area (Å²) in [6.45, 7) is 5.01. The van der Waals surface area contributed by atoms with Gasteiger partial charge >= 0.3 is 6.01 Å². The zero-order chi connectivity index (χ0) is 20.2. The lowest BCUT2D eigenvalue weighted by Gasteiger charge is -2.42. The van der Waals surface area contributed by atoms with Gasteiger partial charge in [0.1, 0.15) is 0 Å². The summed E-state index contributed by atoms with van der Waals surface area (Å²) in [6.07, 6.45) is 5.74. The van der Waals surface area contributed by atoms with Crippen LogP contribution in [0, 0.1) is 5.92 Å². The molecule has 3 N–H and O–H groups in total. The first kappa shape index (κ1) is 18.1. The number of aromatic nitrogens is 4. The van der Waals surface area contributed by atoms with Gasteiger partial charge in [-0.05, 0) is 43.7 Å². The smallest absolute Gasteiger partial charge is 0.324 e. The molecule has 150 valence electrons. The molecule has 2 fully saturated rings. The van der Waals surface area contributed by atoms with Gasteiger partial charge in [-0.15, -0.1) is 0 Å². The molecule has 1 aliphatic carbocycles. The molecule has 8 heteroatoms. The SMILES string of the molecule is CC1(O)CN(c2nc(C(C)(c3ccc(-c4cnc(N)nc4)cc3)C3CC3)no2)C1. The Labute approximate surface area is 168 Å². The summed E-state index contributed by atoms with van der Waals surface area (Å²) in [5.41, 5.74) is 7.69. The standard InChI is InChI=1S/C21H24N6O2/c1-20(28)11-27(12-20)19-25-17(26-29-19)21(2,16-7-8-16)15-5-3-13(4-6-15)14-9-23-18(22)24-10-14/h3-6,9-10,16,28H,7-8,11-12H2,1-2H3,(H2,22,23,24). The molecule has 2 aliphatic rings. The van der Waals surface area contributed by atoms with Crippen LogP contribution >= 0.6 is 0 Å². The maximum atomic E-state index is 9.98. The lowest BCUT2D eigenvalue weighted by atomic mass is 9.77. The van der Waals surface area contributed by atoms with Crippen LogP contribution in [0.15, 0.2) is 41.2 Å². The van der Waals surface area contributed by atoms with E-state index >= 15 is 0 Å². The Morgan fingerprint density at radius 2 is 1.79 bits per heavy atom. The summed E-state index contributed by atoms with van der Waals surface area (Å²) in [4.78, 5) is 14.7. The van der Waals surface area contributed by atoms with Crippen LogP contribution in [0.4, 0.5) is 12.0 Å². The maximum Gasteiger partial charge on any atom is 0.324 e. The molecule has 2 aromatic heterocycles. The Bertz CT molecular complexity index is 1020. The molecule has 3 aromatic rings. The molecule has 1 saturated carbocycles. The highest BCUT2D eigenvalue weighted by Crippen LogP contribution is 2.50. The predicted molar refractivity (Wildman–Crippen MR) is 108 cm³/mol. The van der Waals surface area contributed by atoms with Crippen LogP contribution in [0.1, 0.15) is 38.1 Å². The summed E-state index contributed by atoms with van der Waals surface area (Å²) in [5, 5.41) is 14.3. The molecule has 5 rings (SSSR count). The Balaban J connectivity index is 1.44. The second kappa shape index (κ2) is 6.25. The van der Waals surface area contributed by atoms with Gasteiger partial charge in [0.25, 0.3) is 0 Å². The zero-order valence-corrected chi connectivity index (χ0v) is 16.5. The number of hydrogen-bond donors (Lipinski definition) is 2. The minimum absolute atomic E-state index is 0.267. The number of benzene rings is 1. The fraction of sp³-hybridized carbons (Fsp3) is 0.429. The van der Waals surface area contributed by atoms with Gasteiger partial charge in [-0.25, -0.2) is 9.97 Å². The molecule has 0 radical (unpaired) electrons. The van der Waals surface area contributed by atoms with E-state index in [0.717, 1.165) is 29.5 Å². The van der Waals surface area contributed by atoms with E-state index in [1.807, 2.05) is 11.8 Å². The maximum absolute atomic E-state index is 9.98. The normalized spacial score (nSPS) is 20.2. The lowest BCUT2D eigenvalue weighted by Crippen LogP contribution is -2.60. The molecule has 8 nitrogen and oxygen atoms in total. The van der Waals surface area contributed by atoms with Crippen molar-refractivity contribution in [2.75, 3.05) is 23.7 Å². The van der Waals surface area contributed by atoms with Crippen molar-refractivity contribution in [1.82, 2.24) is 20.1 Å². The Kier molecular flexibility index (Phi) is 3.89. The summed E-state index contributed by atoms with van der Waals surface area (Å²) < 4.78 is 5.54. The molecular formula is C21H24N6O2. The molecular weight excluding hydrogens is 368 g/mol. The second-order valence-corrected chi connectivity index (χ2v) is 8.64. The van der Waals surface area contributed by atoms with Crippen LogP contribution in [-0.4, -0.2) is 43.9 Å². The first-order chi connectivity index (χ1) is 13.8. The van der Waals surface area contributed by atoms with Crippen molar-refractivity contribution in [3.05, 3.63) is 48.0 Å². The molecule has 29 heavy (non-hydrogen) atoms. The number of nitrogens with zero attached hydrogens (tertiary/aromatic N) is 5. The van der Waals surface area contributed by atoms with Crippen LogP contribution in [0.3, 0.4) is 0 Å². The summed E-state index contributed by atoms with van der Waals surface area (Å²) in [7, 11) is 0. The number of anilines is 2. The van der Waals surface area contributed by atoms with Crippen molar-refractivity contribution in [3.8, 4) is 11.1 Å². The Morgan fingerprint density at radius 1 is 1.14 bits per heavy atom. The van der Waals surface area contributed by atoms with Crippen LogP contribution in [-0.2, 0) is 5.41 Å². The summed E-state index contributed by atoms with van der Waals surface area (Å²) in [5.74, 6) is 1.45. The molecule has 1 aliphatic heterocycles. The van der Waals surface area contributed by atoms with E-state index in [2.05, 4.69) is 46.3 Å². The largest absolute Gasteiger partial charge is 0.386 e. The topological polar surface area (TPSA) is 114 Å². The number of rotatable bonds is 5. The van der Waals surface area contributed by atoms with Crippen molar-refractivity contribution < 1.29 is 9.63 Å². The van der Waals surface area contributed by atoms with Crippen LogP contribution < -0.4 is 10.6 Å². The average Bonchev–Trinajstić information content (AvgIpc) is 3.43. The first-order valence-electron chi connectivity index (χ1n) is 9.85. The summed E-state index contributed by atoms with van der Waals surface area (Å²) in [6, 6.07) is 8.86. The van der Waals surface area contributed by atoms with Crippen LogP contribution in [0.5, 0.6) is 0 Å². The third-order valence-corrected chi connectivity index (χ3v) is 6.10. The number of hydrogen-bond acceptors (Lipinski definition) is 8. The van der Waals surface area contributed by atoms with Gasteiger partial charge in [0.05, 0.1) is 24.1 Å². The summed E-state index contributed by atoms with van der Waals surface area (Å²) >= 11 is 0. The highest BCUT2D eigenvalue weighted by Gasteiger charge is 2.48. The molecule has 0 bridgehead atoms. The number of nitrogens with two attached hydrogens (primary N) is 1. The van der Waals surface area contributed by atoms with Gasteiger partial charge < -0.3 is 20.3 Å². The molecule has 1 aromatic carbocycles. The van der Waals surface area contributed by atoms with Gasteiger partial charge in [0.2, 0.25) is 5.95 Å². The molecule has 1 atom stereocenters. The van der Waals surface area contributed by atoms with Crippen molar-refractivity contribution in [2.24, 2.45) is 5.92 Å². The van der Waals surface area contributed by atoms with E-state index in [1.165, 1.54) is 0 Å². The van der Waals surface area contributed by atoms with Gasteiger partial charge in [0, 0.05) is 18.0 Å². The van der Waals surface area contributed by atoms with Crippen molar-refractivity contribution in [2.45, 2.75) is 37.7 Å². The van der Waals surface area contributed by atoms with E-state index in [9.17, 15) is 5.11 Å². The van der Waals surface area contributed by atoms with Gasteiger partial charge in [0.15, 0.2) is 5.82 Å². The van der Waals surface area contributed by atoms with Crippen molar-refractivity contribution >= 4 is 12.0 Å². The fourth-order valence-electron chi connectivity index (χ4n) is 4.17. The Hall–Kier alpha value is -3.00.